The number of fused-ring (bicyclic) bond motifs is 2. The van der Waals surface area contributed by atoms with Crippen LogP contribution in [0.15, 0.2) is 224 Å². The maximum Gasteiger partial charge on any atom is 0.566 e. The zero-order valence-corrected chi connectivity index (χ0v) is 65.9. The summed E-state index contributed by atoms with van der Waals surface area (Å²) in [5.41, 5.74) is 35.4. The lowest BCUT2D eigenvalue weighted by Gasteiger charge is -2.32. The summed E-state index contributed by atoms with van der Waals surface area (Å²) in [6.45, 7) is 8.64. The van der Waals surface area contributed by atoms with E-state index in [9.17, 15) is 28.8 Å². The second kappa shape index (κ2) is 35.1. The number of piperidine rings is 4. The van der Waals surface area contributed by atoms with Crippen molar-refractivity contribution >= 4 is 82.5 Å². The van der Waals surface area contributed by atoms with Crippen molar-refractivity contribution in [1.82, 2.24) is 29.6 Å². The molecule has 10 N–H and O–H groups in total. The van der Waals surface area contributed by atoms with Gasteiger partial charge in [0.05, 0.1) is 0 Å². The van der Waals surface area contributed by atoms with Gasteiger partial charge in [0.25, 0.3) is 23.6 Å². The van der Waals surface area contributed by atoms with E-state index >= 15 is 0 Å². The molecule has 2 aromatic heterocycles. The summed E-state index contributed by atoms with van der Waals surface area (Å²) in [5, 5.41) is 1.60. The molecule has 0 aliphatic carbocycles. The Morgan fingerprint density at radius 3 is 1.30 bits per heavy atom. The SMILES string of the molecule is C[C@@]1(COc2cccc(C(=O)N3CCC(c4cccc(CN)c4)CC3)c2)OB(c2cccc3[nH]c(C(=O)N4CCC(c5cccc(CN)c5)CC4)cc23)OC1=O.NCc1cccc(C2CCN(C(=O)c3cccc(OC[C@@]4(c5ccccc5)OB(c5ccc6cc(C(=O)N7CCC(c8cccc(CN)c8)CC7)[nH]c6c5)OC4=O)c3)CC2)c1. The number of nitrogens with zero attached hydrogens (tertiary/aromatic N) is 4. The van der Waals surface area contributed by atoms with Gasteiger partial charge < -0.3 is 80.6 Å². The quantitative estimate of drug-likeness (QED) is 0.0364. The molecule has 22 nitrogen and oxygen atoms in total. The summed E-state index contributed by atoms with van der Waals surface area (Å²) in [6, 6.07) is 71.8. The highest BCUT2D eigenvalue weighted by Crippen LogP contribution is 2.39. The third-order valence-electron chi connectivity index (χ3n) is 24.3. The first-order valence-electron chi connectivity index (χ1n) is 40.9. The summed E-state index contributed by atoms with van der Waals surface area (Å²) < 4.78 is 37.0. The second-order valence-corrected chi connectivity index (χ2v) is 31.9. The van der Waals surface area contributed by atoms with Gasteiger partial charge in [-0.15, -0.1) is 0 Å². The average Bonchev–Trinajstić information content (AvgIpc) is 1.62. The van der Waals surface area contributed by atoms with Gasteiger partial charge in [-0.05, 0) is 198 Å². The Morgan fingerprint density at radius 1 is 0.410 bits per heavy atom. The van der Waals surface area contributed by atoms with Crippen molar-refractivity contribution in [3.8, 4) is 11.5 Å². The van der Waals surface area contributed by atoms with Gasteiger partial charge in [-0.25, -0.2) is 0 Å². The third-order valence-corrected chi connectivity index (χ3v) is 24.3. The molecule has 117 heavy (non-hydrogen) atoms. The molecule has 11 aromatic rings. The molecule has 0 bridgehead atoms. The fourth-order valence-electron chi connectivity index (χ4n) is 17.4. The van der Waals surface area contributed by atoms with Gasteiger partial charge in [-0.2, -0.15) is 0 Å². The van der Waals surface area contributed by atoms with E-state index in [1.165, 1.54) is 22.3 Å². The van der Waals surface area contributed by atoms with Crippen LogP contribution < -0.4 is 43.3 Å². The first-order chi connectivity index (χ1) is 57.0. The molecule has 0 saturated carbocycles. The van der Waals surface area contributed by atoms with Crippen molar-refractivity contribution < 1.29 is 56.9 Å². The number of nitrogens with two attached hydrogens (primary N) is 4. The number of carbonyl (C=O) groups excluding carboxylic acids is 6. The average molecular weight is 1570 g/mol. The van der Waals surface area contributed by atoms with E-state index in [-0.39, 0.29) is 36.8 Å². The number of hydrogen-bond donors (Lipinski definition) is 6. The van der Waals surface area contributed by atoms with Crippen LogP contribution >= 0.6 is 0 Å². The third kappa shape index (κ3) is 17.3. The largest absolute Gasteiger partial charge is 0.566 e. The van der Waals surface area contributed by atoms with Crippen molar-refractivity contribution in [2.75, 3.05) is 65.6 Å². The summed E-state index contributed by atoms with van der Waals surface area (Å²) in [7, 11) is -2.03. The smallest absolute Gasteiger partial charge is 0.504 e. The van der Waals surface area contributed by atoms with E-state index in [2.05, 4.69) is 82.8 Å². The van der Waals surface area contributed by atoms with Gasteiger partial charge in [0.2, 0.25) is 5.60 Å². The van der Waals surface area contributed by atoms with E-state index in [1.54, 1.807) is 55.5 Å². The number of amides is 4. The number of likely N-dealkylation sites (tertiary alicyclic amines) is 4. The highest BCUT2D eigenvalue weighted by Gasteiger charge is 2.56. The summed E-state index contributed by atoms with van der Waals surface area (Å²) in [5.74, 6) is 1.07. The highest BCUT2D eigenvalue weighted by molar-refractivity contribution is 6.67. The standard InChI is InChI=1S/C49H50BN5O6.C44H48BN5O6/c51-30-33-7-4-9-37(25-33)35-17-21-54(22-18-35)46(56)40-11-6-14-43(27-40)59-32-49(41-12-2-1-3-13-41)48(58)60-50(61-49)42-16-15-39-28-45(53-44(39)29-42)47(57)55-23-19-36(20-24-55)38-10-5-8-34(26-38)31-52;1-44(28-54-36-11-4-10-35(24-36)41(51)49-18-14-31(15-19-49)33-8-2-6-29(22-33)26-46)43(53)55-45(56-44)38-12-5-13-39-37(38)25-40(48-39)42(52)50-20-16-32(17-21-50)34-9-3-7-30(23-34)27-47/h1-16,25-29,35-36,53H,17-24,30-32,51-52H2;2-13,22-25,31-32,48H,14-21,26-28,46-47H2,1H3/t49-;44-/m00/s1. The highest BCUT2D eigenvalue weighted by atomic mass is 16.7. The molecule has 4 amide bonds. The number of benzene rings is 9. The van der Waals surface area contributed by atoms with Crippen LogP contribution in [0.25, 0.3) is 21.8 Å². The minimum absolute atomic E-state index is 0.0456. The molecule has 6 saturated heterocycles. The molecule has 6 aliphatic rings. The van der Waals surface area contributed by atoms with E-state index < -0.39 is 37.4 Å². The van der Waals surface area contributed by atoms with Crippen LogP contribution in [0.5, 0.6) is 11.5 Å². The van der Waals surface area contributed by atoms with E-state index in [0.717, 1.165) is 95.4 Å². The van der Waals surface area contributed by atoms with Gasteiger partial charge in [0.15, 0.2) is 5.60 Å². The molecule has 6 aliphatic heterocycles. The van der Waals surface area contributed by atoms with Gasteiger partial charge in [-0.3, -0.25) is 28.8 Å². The first-order valence-corrected chi connectivity index (χ1v) is 40.9. The Labute approximate surface area is 681 Å². The number of nitrogens with one attached hydrogen (secondary N) is 2. The van der Waals surface area contributed by atoms with Crippen LogP contribution in [-0.4, -0.2) is 151 Å². The van der Waals surface area contributed by atoms with E-state index in [0.29, 0.717) is 153 Å². The molecule has 8 heterocycles. The first kappa shape index (κ1) is 79.2. The molecule has 6 fully saturated rings. The topological polar surface area (TPSA) is 306 Å². The molecular formula is C93H98B2N10O12. The molecule has 0 spiro atoms. The number of aromatic amines is 2. The maximum absolute atomic E-state index is 14.0. The number of rotatable bonds is 21. The molecule has 0 radical (unpaired) electrons. The number of hydrogen-bond acceptors (Lipinski definition) is 16. The lowest BCUT2D eigenvalue weighted by molar-refractivity contribution is -0.146. The second-order valence-electron chi connectivity index (χ2n) is 31.9. The summed E-state index contributed by atoms with van der Waals surface area (Å²) in [6.07, 6.45) is 7.04. The molecular weight excluding hydrogens is 1470 g/mol. The van der Waals surface area contributed by atoms with Crippen LogP contribution in [0, 0.1) is 0 Å². The molecule has 9 aromatic carbocycles. The van der Waals surface area contributed by atoms with Gasteiger partial charge >= 0.3 is 26.2 Å². The number of H-pyrrole nitrogens is 2. The normalized spacial score (nSPS) is 19.1. The molecule has 598 valence electrons. The van der Waals surface area contributed by atoms with E-state index in [1.807, 2.05) is 123 Å². The van der Waals surface area contributed by atoms with Crippen molar-refractivity contribution in [2.45, 2.75) is 119 Å². The van der Waals surface area contributed by atoms with Crippen molar-refractivity contribution in [3.63, 3.8) is 0 Å². The lowest BCUT2D eigenvalue weighted by atomic mass is 9.77. The predicted molar refractivity (Wildman–Crippen MR) is 451 cm³/mol. The minimum Gasteiger partial charge on any atom is -0.504 e. The van der Waals surface area contributed by atoms with Crippen LogP contribution in [0.4, 0.5) is 0 Å². The van der Waals surface area contributed by atoms with Crippen molar-refractivity contribution in [2.24, 2.45) is 22.9 Å². The number of aromatic nitrogens is 2. The molecule has 2 atom stereocenters. The Kier molecular flexibility index (Phi) is 23.7. The Bertz CT molecular complexity index is 5460. The lowest BCUT2D eigenvalue weighted by Crippen LogP contribution is -2.41. The van der Waals surface area contributed by atoms with E-state index in [4.69, 9.17) is 51.0 Å². The summed E-state index contributed by atoms with van der Waals surface area (Å²) in [4.78, 5) is 96.1. The van der Waals surface area contributed by atoms with Gasteiger partial charge in [0, 0.05) is 117 Å². The molecule has 0 unspecified atom stereocenters. The predicted octanol–water partition coefficient (Wildman–Crippen LogP) is 11.6. The monoisotopic (exact) mass is 1570 g/mol. The van der Waals surface area contributed by atoms with Crippen LogP contribution in [0.1, 0.15) is 174 Å². The minimum atomic E-state index is -1.58. The van der Waals surface area contributed by atoms with Crippen LogP contribution in [-0.2, 0) is 60.0 Å². The fraction of sp³-hybridized carbons (Fsp3) is 0.312. The van der Waals surface area contributed by atoms with Crippen LogP contribution in [0.2, 0.25) is 0 Å². The van der Waals surface area contributed by atoms with Crippen molar-refractivity contribution in [1.29, 1.82) is 0 Å². The van der Waals surface area contributed by atoms with Gasteiger partial charge in [-0.1, -0.05) is 164 Å². The Hall–Kier alpha value is -11.6. The van der Waals surface area contributed by atoms with Crippen molar-refractivity contribution in [3.05, 3.63) is 297 Å². The summed E-state index contributed by atoms with van der Waals surface area (Å²) >= 11 is 0. The number of ether oxygens (including phenoxy) is 2. The number of carbonyl (C=O) groups is 6. The molecule has 24 heteroatoms. The van der Waals surface area contributed by atoms with Crippen LogP contribution in [0.3, 0.4) is 0 Å². The molecule has 17 rings (SSSR count). The zero-order chi connectivity index (χ0) is 80.7. The Morgan fingerprint density at radius 2 is 0.829 bits per heavy atom. The zero-order valence-electron chi connectivity index (χ0n) is 65.9. The Balaban J connectivity index is 0.000000176. The van der Waals surface area contributed by atoms with Gasteiger partial charge in [0.1, 0.15) is 36.1 Å². The maximum atomic E-state index is 14.0. The fourth-order valence-corrected chi connectivity index (χ4v) is 17.4.